The fourth-order valence-corrected chi connectivity index (χ4v) is 2.75. The zero-order valence-corrected chi connectivity index (χ0v) is 12.8. The molecule has 112 valence electrons. The van der Waals surface area contributed by atoms with Crippen LogP contribution in [-0.2, 0) is 0 Å². The number of ether oxygens (including phenoxy) is 1. The lowest BCUT2D eigenvalue weighted by molar-refractivity contribution is -0.385. The Morgan fingerprint density at radius 1 is 1.35 bits per heavy atom. The zero-order valence-electron chi connectivity index (χ0n) is 12.8. The fourth-order valence-electron chi connectivity index (χ4n) is 2.75. The third-order valence-corrected chi connectivity index (χ3v) is 3.58. The summed E-state index contributed by atoms with van der Waals surface area (Å²) in [6.45, 7) is 9.13. The van der Waals surface area contributed by atoms with E-state index in [2.05, 4.69) is 26.1 Å². The van der Waals surface area contributed by atoms with Crippen molar-refractivity contribution in [2.24, 2.45) is 5.92 Å². The van der Waals surface area contributed by atoms with Crippen molar-refractivity contribution < 1.29 is 9.66 Å². The van der Waals surface area contributed by atoms with Crippen molar-refractivity contribution in [1.29, 1.82) is 0 Å². The molecule has 0 amide bonds. The molecular formula is C15H24N2O3. The largest absolute Gasteiger partial charge is 0.497 e. The lowest BCUT2D eigenvalue weighted by Crippen LogP contribution is -2.34. The van der Waals surface area contributed by atoms with E-state index >= 15 is 0 Å². The van der Waals surface area contributed by atoms with E-state index in [9.17, 15) is 10.1 Å². The number of nitro groups is 1. The summed E-state index contributed by atoms with van der Waals surface area (Å²) >= 11 is 0. The highest BCUT2D eigenvalue weighted by Gasteiger charge is 2.29. The van der Waals surface area contributed by atoms with E-state index in [4.69, 9.17) is 4.74 Å². The molecular weight excluding hydrogens is 256 g/mol. The highest BCUT2D eigenvalue weighted by Crippen LogP contribution is 2.36. The fraction of sp³-hybridized carbons (Fsp3) is 0.600. The zero-order chi connectivity index (χ0) is 15.3. The molecule has 0 aliphatic carbocycles. The van der Waals surface area contributed by atoms with Crippen LogP contribution in [0.25, 0.3) is 0 Å². The molecule has 1 N–H and O–H groups in total. The maximum absolute atomic E-state index is 11.3. The Morgan fingerprint density at radius 3 is 2.45 bits per heavy atom. The number of nitrogens with zero attached hydrogens (tertiary/aromatic N) is 1. The van der Waals surface area contributed by atoms with Crippen molar-refractivity contribution in [2.45, 2.75) is 39.7 Å². The molecule has 2 atom stereocenters. The molecule has 20 heavy (non-hydrogen) atoms. The Morgan fingerprint density at radius 2 is 2.00 bits per heavy atom. The summed E-state index contributed by atoms with van der Waals surface area (Å²) in [6.07, 6.45) is 0. The highest BCUT2D eigenvalue weighted by atomic mass is 16.6. The van der Waals surface area contributed by atoms with Gasteiger partial charge in [0.05, 0.1) is 18.1 Å². The maximum atomic E-state index is 11.3. The molecule has 0 aliphatic rings. The predicted molar refractivity (Wildman–Crippen MR) is 80.4 cm³/mol. The van der Waals surface area contributed by atoms with E-state index in [0.717, 1.165) is 12.1 Å². The van der Waals surface area contributed by atoms with Gasteiger partial charge in [-0.05, 0) is 31.5 Å². The van der Waals surface area contributed by atoms with Crippen LogP contribution in [0.1, 0.15) is 39.2 Å². The Labute approximate surface area is 120 Å². The van der Waals surface area contributed by atoms with Gasteiger partial charge in [-0.1, -0.05) is 20.8 Å². The van der Waals surface area contributed by atoms with Crippen LogP contribution in [0.5, 0.6) is 5.75 Å². The van der Waals surface area contributed by atoms with E-state index in [1.807, 2.05) is 13.0 Å². The monoisotopic (exact) mass is 280 g/mol. The first-order valence-corrected chi connectivity index (χ1v) is 6.98. The molecule has 5 nitrogen and oxygen atoms in total. The van der Waals surface area contributed by atoms with Gasteiger partial charge < -0.3 is 10.1 Å². The molecule has 0 fully saturated rings. The molecule has 5 heteroatoms. The summed E-state index contributed by atoms with van der Waals surface area (Å²) in [5, 5.41) is 14.7. The average molecular weight is 280 g/mol. The van der Waals surface area contributed by atoms with Crippen LogP contribution in [0.4, 0.5) is 5.69 Å². The maximum Gasteiger partial charge on any atom is 0.276 e. The van der Waals surface area contributed by atoms with Crippen LogP contribution in [0.15, 0.2) is 18.2 Å². The number of nitro benzene ring substituents is 1. The molecule has 1 aromatic carbocycles. The van der Waals surface area contributed by atoms with Crippen LogP contribution in [0.3, 0.4) is 0 Å². The normalized spacial score (nSPS) is 14.1. The molecule has 0 radical (unpaired) electrons. The second-order valence-corrected chi connectivity index (χ2v) is 5.30. The molecule has 2 unspecified atom stereocenters. The van der Waals surface area contributed by atoms with E-state index in [-0.39, 0.29) is 22.6 Å². The first-order valence-electron chi connectivity index (χ1n) is 6.98. The third kappa shape index (κ3) is 3.70. The SMILES string of the molecule is CCNC(C)C(c1ccc(OC)cc1[N+](=O)[O-])C(C)C. The number of likely N-dealkylation sites (N-methyl/N-ethyl adjacent to an activating group) is 1. The molecule has 0 saturated heterocycles. The van der Waals surface area contributed by atoms with Crippen LogP contribution >= 0.6 is 0 Å². The molecule has 0 spiro atoms. The van der Waals surface area contributed by atoms with Gasteiger partial charge in [-0.2, -0.15) is 0 Å². The van der Waals surface area contributed by atoms with Crippen molar-refractivity contribution in [2.75, 3.05) is 13.7 Å². The minimum absolute atomic E-state index is 0.0845. The molecule has 1 aromatic rings. The van der Waals surface area contributed by atoms with E-state index in [1.165, 1.54) is 13.2 Å². The number of benzene rings is 1. The molecule has 0 heterocycles. The van der Waals surface area contributed by atoms with Crippen molar-refractivity contribution in [1.82, 2.24) is 5.32 Å². The van der Waals surface area contributed by atoms with Crippen molar-refractivity contribution >= 4 is 5.69 Å². The quantitative estimate of drug-likeness (QED) is 0.614. The second-order valence-electron chi connectivity index (χ2n) is 5.30. The lowest BCUT2D eigenvalue weighted by atomic mass is 9.82. The third-order valence-electron chi connectivity index (χ3n) is 3.58. The first kappa shape index (κ1) is 16.4. The molecule has 0 aromatic heterocycles. The number of hydrogen-bond acceptors (Lipinski definition) is 4. The lowest BCUT2D eigenvalue weighted by Gasteiger charge is -2.28. The molecule has 0 aliphatic heterocycles. The molecule has 1 rings (SSSR count). The number of rotatable bonds is 7. The number of nitrogens with one attached hydrogen (secondary N) is 1. The summed E-state index contributed by atoms with van der Waals surface area (Å²) in [7, 11) is 1.51. The summed E-state index contributed by atoms with van der Waals surface area (Å²) in [6, 6.07) is 5.28. The van der Waals surface area contributed by atoms with Crippen molar-refractivity contribution in [3.63, 3.8) is 0 Å². The summed E-state index contributed by atoms with van der Waals surface area (Å²) in [4.78, 5) is 11.0. The minimum atomic E-state index is -0.327. The summed E-state index contributed by atoms with van der Waals surface area (Å²) < 4.78 is 5.09. The molecule has 0 saturated carbocycles. The number of methoxy groups -OCH3 is 1. The summed E-state index contributed by atoms with van der Waals surface area (Å²) in [5.41, 5.74) is 0.895. The van der Waals surface area contributed by atoms with Gasteiger partial charge in [-0.15, -0.1) is 0 Å². The van der Waals surface area contributed by atoms with E-state index < -0.39 is 0 Å². The number of hydrogen-bond donors (Lipinski definition) is 1. The smallest absolute Gasteiger partial charge is 0.276 e. The van der Waals surface area contributed by atoms with Gasteiger partial charge in [0.1, 0.15) is 5.75 Å². The Bertz CT molecular complexity index is 460. The van der Waals surface area contributed by atoms with Gasteiger partial charge in [0.15, 0.2) is 0 Å². The van der Waals surface area contributed by atoms with Gasteiger partial charge in [0, 0.05) is 17.5 Å². The van der Waals surface area contributed by atoms with Crippen LogP contribution in [0, 0.1) is 16.0 Å². The van der Waals surface area contributed by atoms with E-state index in [0.29, 0.717) is 11.7 Å². The second kappa shape index (κ2) is 7.24. The molecule has 0 bridgehead atoms. The van der Waals surface area contributed by atoms with Crippen molar-refractivity contribution in [3.8, 4) is 5.75 Å². The van der Waals surface area contributed by atoms with Gasteiger partial charge in [-0.25, -0.2) is 0 Å². The highest BCUT2D eigenvalue weighted by molar-refractivity contribution is 5.48. The van der Waals surface area contributed by atoms with Crippen LogP contribution < -0.4 is 10.1 Å². The standard InChI is InChI=1S/C15H24N2O3/c1-6-16-11(4)15(10(2)3)13-8-7-12(20-5)9-14(13)17(18)19/h7-11,15-16H,6H2,1-5H3. The van der Waals surface area contributed by atoms with Crippen molar-refractivity contribution in [3.05, 3.63) is 33.9 Å². The van der Waals surface area contributed by atoms with Gasteiger partial charge >= 0.3 is 0 Å². The van der Waals surface area contributed by atoms with Crippen LogP contribution in [0.2, 0.25) is 0 Å². The Kier molecular flexibility index (Phi) is 5.95. The van der Waals surface area contributed by atoms with E-state index in [1.54, 1.807) is 6.07 Å². The Balaban J connectivity index is 3.28. The Hall–Kier alpha value is -1.62. The average Bonchev–Trinajstić information content (AvgIpc) is 2.38. The summed E-state index contributed by atoms with van der Waals surface area (Å²) in [5.74, 6) is 0.900. The van der Waals surface area contributed by atoms with Gasteiger partial charge in [0.2, 0.25) is 0 Å². The van der Waals surface area contributed by atoms with Crippen LogP contribution in [-0.4, -0.2) is 24.6 Å². The van der Waals surface area contributed by atoms with Gasteiger partial charge in [-0.3, -0.25) is 10.1 Å². The predicted octanol–water partition coefficient (Wildman–Crippen LogP) is 3.34. The van der Waals surface area contributed by atoms with Gasteiger partial charge in [0.25, 0.3) is 5.69 Å². The topological polar surface area (TPSA) is 64.4 Å². The minimum Gasteiger partial charge on any atom is -0.497 e. The first-order chi connectivity index (χ1) is 9.42.